The molecule has 64 valence electrons. The fraction of sp³-hybridized carbons (Fsp3) is 0.571. The molecule has 0 aromatic rings. The number of hydrogen-bond donors (Lipinski definition) is 1. The van der Waals surface area contributed by atoms with Gasteiger partial charge in [-0.2, -0.15) is 0 Å². The second-order valence-electron chi connectivity index (χ2n) is 2.41. The van der Waals surface area contributed by atoms with E-state index in [0.29, 0.717) is 6.42 Å². The van der Waals surface area contributed by atoms with Crippen LogP contribution in [0.1, 0.15) is 6.42 Å². The van der Waals surface area contributed by atoms with Gasteiger partial charge in [0, 0.05) is 6.04 Å². The van der Waals surface area contributed by atoms with Gasteiger partial charge >= 0.3 is 5.97 Å². The van der Waals surface area contributed by atoms with E-state index < -0.39 is 0 Å². The van der Waals surface area contributed by atoms with E-state index in [4.69, 9.17) is 5.73 Å². The van der Waals surface area contributed by atoms with Crippen molar-refractivity contribution in [3.05, 3.63) is 12.2 Å². The first-order valence-corrected chi connectivity index (χ1v) is 3.26. The Labute approximate surface area is 72.0 Å². The van der Waals surface area contributed by atoms with E-state index in [9.17, 15) is 4.79 Å². The summed E-state index contributed by atoms with van der Waals surface area (Å²) in [6.07, 6.45) is 4.32. The van der Waals surface area contributed by atoms with Crippen molar-refractivity contribution in [3.8, 4) is 0 Å². The van der Waals surface area contributed by atoms with Crippen LogP contribution in [-0.4, -0.2) is 19.1 Å². The van der Waals surface area contributed by atoms with Gasteiger partial charge in [-0.1, -0.05) is 12.2 Å². The van der Waals surface area contributed by atoms with Gasteiger partial charge in [0.25, 0.3) is 0 Å². The third-order valence-electron chi connectivity index (χ3n) is 1.62. The number of esters is 1. The third-order valence-corrected chi connectivity index (χ3v) is 1.62. The average Bonchev–Trinajstić information content (AvgIpc) is 2.34. The average molecular weight is 178 g/mol. The first-order chi connectivity index (χ1) is 4.74. The molecular formula is C7H12ClNO2. The van der Waals surface area contributed by atoms with E-state index in [-0.39, 0.29) is 30.3 Å². The van der Waals surface area contributed by atoms with Gasteiger partial charge in [0.1, 0.15) is 0 Å². The monoisotopic (exact) mass is 177 g/mol. The minimum atomic E-state index is -0.191. The molecule has 0 fully saturated rings. The first kappa shape index (κ1) is 10.5. The van der Waals surface area contributed by atoms with E-state index >= 15 is 0 Å². The van der Waals surface area contributed by atoms with Crippen LogP contribution in [-0.2, 0) is 9.53 Å². The van der Waals surface area contributed by atoms with Crippen LogP contribution in [0.25, 0.3) is 0 Å². The van der Waals surface area contributed by atoms with Crippen molar-refractivity contribution in [3.63, 3.8) is 0 Å². The molecule has 0 saturated carbocycles. The Hall–Kier alpha value is -0.540. The maximum atomic E-state index is 10.8. The van der Waals surface area contributed by atoms with E-state index in [2.05, 4.69) is 4.74 Å². The van der Waals surface area contributed by atoms with Crippen molar-refractivity contribution in [2.45, 2.75) is 12.5 Å². The molecule has 0 aromatic carbocycles. The molecule has 4 heteroatoms. The molecule has 1 aliphatic carbocycles. The Morgan fingerprint density at radius 2 is 2.27 bits per heavy atom. The van der Waals surface area contributed by atoms with Crippen molar-refractivity contribution in [2.24, 2.45) is 11.7 Å². The first-order valence-electron chi connectivity index (χ1n) is 3.26. The van der Waals surface area contributed by atoms with Crippen molar-refractivity contribution in [2.75, 3.05) is 7.11 Å². The molecule has 0 aromatic heterocycles. The number of rotatable bonds is 1. The number of carbonyl (C=O) groups excluding carboxylic acids is 1. The Bertz CT molecular complexity index is 170. The predicted molar refractivity (Wildman–Crippen MR) is 44.5 cm³/mol. The zero-order valence-electron chi connectivity index (χ0n) is 6.32. The largest absolute Gasteiger partial charge is 0.469 e. The lowest BCUT2D eigenvalue weighted by Gasteiger charge is -2.04. The molecule has 0 heterocycles. The molecule has 0 aliphatic heterocycles. The number of nitrogens with two attached hydrogens (primary N) is 1. The normalized spacial score (nSPS) is 27.8. The fourth-order valence-corrected chi connectivity index (χ4v) is 1.05. The van der Waals surface area contributed by atoms with Crippen LogP contribution in [0.4, 0.5) is 0 Å². The van der Waals surface area contributed by atoms with Gasteiger partial charge in [-0.25, -0.2) is 0 Å². The molecule has 0 unspecified atom stereocenters. The summed E-state index contributed by atoms with van der Waals surface area (Å²) in [6, 6.07) is 0.0316. The van der Waals surface area contributed by atoms with Crippen LogP contribution in [0.3, 0.4) is 0 Å². The summed E-state index contributed by atoms with van der Waals surface area (Å²) in [7, 11) is 1.39. The summed E-state index contributed by atoms with van der Waals surface area (Å²) in [5.74, 6) is -0.302. The van der Waals surface area contributed by atoms with Crippen molar-refractivity contribution in [1.29, 1.82) is 0 Å². The van der Waals surface area contributed by atoms with Crippen LogP contribution in [0.5, 0.6) is 0 Å². The molecule has 0 saturated heterocycles. The van der Waals surface area contributed by atoms with E-state index in [1.807, 2.05) is 6.08 Å². The lowest BCUT2D eigenvalue weighted by Crippen LogP contribution is -2.19. The molecule has 2 N–H and O–H groups in total. The highest BCUT2D eigenvalue weighted by molar-refractivity contribution is 5.85. The molecule has 0 bridgehead atoms. The Morgan fingerprint density at radius 1 is 1.64 bits per heavy atom. The van der Waals surface area contributed by atoms with Gasteiger partial charge in [0.2, 0.25) is 0 Å². The third kappa shape index (κ3) is 2.52. The number of methoxy groups -OCH3 is 1. The molecule has 1 rings (SSSR count). The van der Waals surface area contributed by atoms with Gasteiger partial charge in [-0.05, 0) is 6.42 Å². The summed E-state index contributed by atoms with van der Waals surface area (Å²) in [4.78, 5) is 10.8. The maximum absolute atomic E-state index is 10.8. The zero-order chi connectivity index (χ0) is 7.56. The molecule has 0 radical (unpaired) electrons. The van der Waals surface area contributed by atoms with Crippen LogP contribution >= 0.6 is 12.4 Å². The van der Waals surface area contributed by atoms with E-state index in [0.717, 1.165) is 0 Å². The highest BCUT2D eigenvalue weighted by Gasteiger charge is 2.22. The zero-order valence-corrected chi connectivity index (χ0v) is 7.14. The van der Waals surface area contributed by atoms with Crippen molar-refractivity contribution >= 4 is 18.4 Å². The van der Waals surface area contributed by atoms with E-state index in [1.165, 1.54) is 7.11 Å². The molecule has 0 spiro atoms. The Kier molecular flexibility index (Phi) is 4.15. The molecule has 1 aliphatic rings. The number of ether oxygens (including phenoxy) is 1. The molecule has 0 amide bonds. The van der Waals surface area contributed by atoms with Gasteiger partial charge < -0.3 is 10.5 Å². The highest BCUT2D eigenvalue weighted by atomic mass is 35.5. The van der Waals surface area contributed by atoms with Crippen molar-refractivity contribution in [1.82, 2.24) is 0 Å². The molecule has 2 atom stereocenters. The number of halogens is 1. The van der Waals surface area contributed by atoms with Gasteiger partial charge in [0.05, 0.1) is 13.0 Å². The van der Waals surface area contributed by atoms with Crippen LogP contribution < -0.4 is 5.73 Å². The standard InChI is InChI=1S/C7H11NO2.ClH/c1-10-7(9)5-2-3-6(8)4-5;/h2-3,5-6H,4,8H2,1H3;1H/t5-,6-;/m1./s1. The number of hydrogen-bond acceptors (Lipinski definition) is 3. The number of carbonyl (C=O) groups is 1. The summed E-state index contributed by atoms with van der Waals surface area (Å²) in [5, 5.41) is 0. The lowest BCUT2D eigenvalue weighted by atomic mass is 10.1. The quantitative estimate of drug-likeness (QED) is 0.469. The highest BCUT2D eigenvalue weighted by Crippen LogP contribution is 2.16. The molecule has 11 heavy (non-hydrogen) atoms. The van der Waals surface area contributed by atoms with Crippen molar-refractivity contribution < 1.29 is 9.53 Å². The summed E-state index contributed by atoms with van der Waals surface area (Å²) >= 11 is 0. The molecular weight excluding hydrogens is 166 g/mol. The van der Waals surface area contributed by atoms with E-state index in [1.54, 1.807) is 6.08 Å². The topological polar surface area (TPSA) is 52.3 Å². The second kappa shape index (κ2) is 4.36. The predicted octanol–water partition coefficient (Wildman–Crippen LogP) is 0.485. The Balaban J connectivity index is 0.000001000. The minimum Gasteiger partial charge on any atom is -0.469 e. The SMILES string of the molecule is COC(=O)[C@@H]1C=C[C@@H](N)C1.Cl. The summed E-state index contributed by atoms with van der Waals surface area (Å²) in [5.41, 5.74) is 5.52. The Morgan fingerprint density at radius 3 is 2.64 bits per heavy atom. The second-order valence-corrected chi connectivity index (χ2v) is 2.41. The van der Waals surface area contributed by atoms with Gasteiger partial charge in [-0.3, -0.25) is 4.79 Å². The minimum absolute atomic E-state index is 0. The summed E-state index contributed by atoms with van der Waals surface area (Å²) in [6.45, 7) is 0. The van der Waals surface area contributed by atoms with Gasteiger partial charge in [0.15, 0.2) is 0 Å². The smallest absolute Gasteiger partial charge is 0.312 e. The molecule has 3 nitrogen and oxygen atoms in total. The van der Waals surface area contributed by atoms with Gasteiger partial charge in [-0.15, -0.1) is 12.4 Å². The fourth-order valence-electron chi connectivity index (χ4n) is 1.05. The lowest BCUT2D eigenvalue weighted by molar-refractivity contribution is -0.143. The van der Waals surface area contributed by atoms with Crippen LogP contribution in [0, 0.1) is 5.92 Å². The maximum Gasteiger partial charge on any atom is 0.312 e. The van der Waals surface area contributed by atoms with Crippen LogP contribution in [0.2, 0.25) is 0 Å². The van der Waals surface area contributed by atoms with Crippen LogP contribution in [0.15, 0.2) is 12.2 Å². The summed E-state index contributed by atoms with van der Waals surface area (Å²) < 4.78 is 4.54.